The highest BCUT2D eigenvalue weighted by Gasteiger charge is 2.09. The first-order chi connectivity index (χ1) is 15.2. The molecule has 0 bridgehead atoms. The summed E-state index contributed by atoms with van der Waals surface area (Å²) in [6.07, 6.45) is 3.42. The maximum Gasteiger partial charge on any atom is 0.319 e. The number of pyridine rings is 1. The summed E-state index contributed by atoms with van der Waals surface area (Å²) in [6.45, 7) is 2.75. The number of carbonyl (C=O) groups is 1. The Bertz CT molecular complexity index is 1130. The van der Waals surface area contributed by atoms with Crippen LogP contribution in [-0.2, 0) is 13.2 Å². The number of anilines is 1. The standard InChI is InChI=1S/C24H23N5O2/c1-18-14-23(29(28-18)22-7-3-2-4-8-22)31-17-19-9-11-21(12-10-19)27-24(30)26-16-20-6-5-13-25-15-20/h2-15H,16-17H2,1H3,(H2,26,27,30). The molecule has 0 aliphatic heterocycles. The zero-order valence-electron chi connectivity index (χ0n) is 17.2. The van der Waals surface area contributed by atoms with Gasteiger partial charge in [0.15, 0.2) is 0 Å². The molecule has 2 amide bonds. The lowest BCUT2D eigenvalue weighted by Gasteiger charge is -2.10. The predicted octanol–water partition coefficient (Wildman–Crippen LogP) is 4.48. The van der Waals surface area contributed by atoms with Gasteiger partial charge in [-0.05, 0) is 48.4 Å². The molecular weight excluding hydrogens is 390 g/mol. The van der Waals surface area contributed by atoms with Crippen LogP contribution in [0.5, 0.6) is 5.88 Å². The molecule has 0 unspecified atom stereocenters. The van der Waals surface area contributed by atoms with E-state index in [1.165, 1.54) is 0 Å². The van der Waals surface area contributed by atoms with E-state index in [0.717, 1.165) is 22.5 Å². The summed E-state index contributed by atoms with van der Waals surface area (Å²) in [5.41, 5.74) is 4.46. The van der Waals surface area contributed by atoms with Gasteiger partial charge in [0.05, 0.1) is 11.4 Å². The van der Waals surface area contributed by atoms with Crippen LogP contribution in [0.1, 0.15) is 16.8 Å². The van der Waals surface area contributed by atoms with E-state index in [9.17, 15) is 4.79 Å². The Morgan fingerprint density at radius 3 is 2.55 bits per heavy atom. The molecule has 2 heterocycles. The third-order valence-electron chi connectivity index (χ3n) is 4.57. The van der Waals surface area contributed by atoms with Gasteiger partial charge in [0.2, 0.25) is 5.88 Å². The number of ether oxygens (including phenoxy) is 1. The van der Waals surface area contributed by atoms with Crippen LogP contribution in [0.3, 0.4) is 0 Å². The van der Waals surface area contributed by atoms with Gasteiger partial charge < -0.3 is 15.4 Å². The number of hydrogen-bond acceptors (Lipinski definition) is 4. The van der Waals surface area contributed by atoms with Crippen molar-refractivity contribution in [3.05, 3.63) is 102 Å². The zero-order chi connectivity index (χ0) is 21.5. The van der Waals surface area contributed by atoms with Crippen molar-refractivity contribution in [2.75, 3.05) is 5.32 Å². The van der Waals surface area contributed by atoms with Gasteiger partial charge in [0, 0.05) is 30.7 Å². The fourth-order valence-corrected chi connectivity index (χ4v) is 3.03. The van der Waals surface area contributed by atoms with Crippen molar-refractivity contribution in [1.82, 2.24) is 20.1 Å². The molecule has 0 saturated carbocycles. The summed E-state index contributed by atoms with van der Waals surface area (Å²) in [6, 6.07) is 22.8. The smallest absolute Gasteiger partial charge is 0.319 e. The van der Waals surface area contributed by atoms with Gasteiger partial charge in [0.1, 0.15) is 6.61 Å². The molecule has 0 aliphatic rings. The van der Waals surface area contributed by atoms with Crippen LogP contribution < -0.4 is 15.4 Å². The molecule has 7 heteroatoms. The lowest BCUT2D eigenvalue weighted by atomic mass is 10.2. The van der Waals surface area contributed by atoms with Gasteiger partial charge in [-0.1, -0.05) is 36.4 Å². The number of hydrogen-bond donors (Lipinski definition) is 2. The molecule has 2 N–H and O–H groups in total. The van der Waals surface area contributed by atoms with Crippen molar-refractivity contribution in [2.24, 2.45) is 0 Å². The molecule has 4 aromatic rings. The second kappa shape index (κ2) is 9.58. The van der Waals surface area contributed by atoms with Crippen LogP contribution in [0.4, 0.5) is 10.5 Å². The minimum atomic E-state index is -0.268. The summed E-state index contributed by atoms with van der Waals surface area (Å²) < 4.78 is 7.79. The van der Waals surface area contributed by atoms with Gasteiger partial charge in [-0.3, -0.25) is 4.98 Å². The second-order valence-electron chi connectivity index (χ2n) is 7.03. The quantitative estimate of drug-likeness (QED) is 0.468. The Morgan fingerprint density at radius 2 is 1.81 bits per heavy atom. The van der Waals surface area contributed by atoms with E-state index in [1.807, 2.05) is 79.7 Å². The van der Waals surface area contributed by atoms with Gasteiger partial charge >= 0.3 is 6.03 Å². The van der Waals surface area contributed by atoms with Gasteiger partial charge in [-0.15, -0.1) is 0 Å². The first-order valence-corrected chi connectivity index (χ1v) is 9.95. The molecule has 31 heavy (non-hydrogen) atoms. The number of nitrogens with one attached hydrogen (secondary N) is 2. The summed E-state index contributed by atoms with van der Waals surface area (Å²) in [5.74, 6) is 0.681. The maximum atomic E-state index is 12.1. The fraction of sp³-hybridized carbons (Fsp3) is 0.125. The van der Waals surface area contributed by atoms with E-state index in [-0.39, 0.29) is 6.03 Å². The molecule has 4 rings (SSSR count). The maximum absolute atomic E-state index is 12.1. The highest BCUT2D eigenvalue weighted by atomic mass is 16.5. The van der Waals surface area contributed by atoms with Gasteiger partial charge in [-0.2, -0.15) is 5.10 Å². The summed E-state index contributed by atoms with van der Waals surface area (Å²) in [5, 5.41) is 10.1. The third kappa shape index (κ3) is 5.48. The molecule has 0 fully saturated rings. The van der Waals surface area contributed by atoms with Crippen molar-refractivity contribution in [3.63, 3.8) is 0 Å². The fourth-order valence-electron chi connectivity index (χ4n) is 3.03. The largest absolute Gasteiger partial charge is 0.473 e. The number of nitrogens with zero attached hydrogens (tertiary/aromatic N) is 3. The predicted molar refractivity (Wildman–Crippen MR) is 119 cm³/mol. The molecule has 7 nitrogen and oxygen atoms in total. The first-order valence-electron chi connectivity index (χ1n) is 9.95. The number of urea groups is 1. The van der Waals surface area contributed by atoms with Crippen LogP contribution in [-0.4, -0.2) is 20.8 Å². The van der Waals surface area contributed by atoms with Crippen LogP contribution in [0.25, 0.3) is 5.69 Å². The van der Waals surface area contributed by atoms with Crippen molar-refractivity contribution < 1.29 is 9.53 Å². The number of para-hydroxylation sites is 1. The average Bonchev–Trinajstić information content (AvgIpc) is 3.19. The van der Waals surface area contributed by atoms with Gasteiger partial charge in [-0.25, -0.2) is 9.48 Å². The van der Waals surface area contributed by atoms with Crippen molar-refractivity contribution >= 4 is 11.7 Å². The van der Waals surface area contributed by atoms with Gasteiger partial charge in [0.25, 0.3) is 0 Å². The zero-order valence-corrected chi connectivity index (χ0v) is 17.2. The molecule has 0 atom stereocenters. The number of aryl methyl sites for hydroxylation is 1. The van der Waals surface area contributed by atoms with E-state index >= 15 is 0 Å². The monoisotopic (exact) mass is 413 g/mol. The Balaban J connectivity index is 1.32. The minimum absolute atomic E-state index is 0.268. The normalized spacial score (nSPS) is 10.5. The van der Waals surface area contributed by atoms with Crippen LogP contribution in [0.2, 0.25) is 0 Å². The highest BCUT2D eigenvalue weighted by molar-refractivity contribution is 5.89. The Hall–Kier alpha value is -4.13. The lowest BCUT2D eigenvalue weighted by molar-refractivity contribution is 0.251. The summed E-state index contributed by atoms with van der Waals surface area (Å²) in [4.78, 5) is 16.1. The number of aromatic nitrogens is 3. The first kappa shape index (κ1) is 20.2. The van der Waals surface area contributed by atoms with Crippen molar-refractivity contribution in [2.45, 2.75) is 20.1 Å². The molecule has 0 spiro atoms. The van der Waals surface area contributed by atoms with Crippen LogP contribution in [0, 0.1) is 6.92 Å². The Morgan fingerprint density at radius 1 is 1.00 bits per heavy atom. The number of benzene rings is 2. The Labute approximate surface area is 180 Å². The average molecular weight is 413 g/mol. The van der Waals surface area contributed by atoms with E-state index in [4.69, 9.17) is 4.74 Å². The SMILES string of the molecule is Cc1cc(OCc2ccc(NC(=O)NCc3cccnc3)cc2)n(-c2ccccc2)n1. The summed E-state index contributed by atoms with van der Waals surface area (Å²) in [7, 11) is 0. The number of rotatable bonds is 7. The van der Waals surface area contributed by atoms with E-state index in [1.54, 1.807) is 17.1 Å². The van der Waals surface area contributed by atoms with E-state index < -0.39 is 0 Å². The lowest BCUT2D eigenvalue weighted by Crippen LogP contribution is -2.28. The van der Waals surface area contributed by atoms with E-state index in [2.05, 4.69) is 20.7 Å². The summed E-state index contributed by atoms with van der Waals surface area (Å²) >= 11 is 0. The number of amides is 2. The van der Waals surface area contributed by atoms with Crippen LogP contribution in [0.15, 0.2) is 85.2 Å². The third-order valence-corrected chi connectivity index (χ3v) is 4.57. The van der Waals surface area contributed by atoms with E-state index in [0.29, 0.717) is 24.7 Å². The molecular formula is C24H23N5O2. The highest BCUT2D eigenvalue weighted by Crippen LogP contribution is 2.20. The molecule has 0 radical (unpaired) electrons. The molecule has 2 aromatic carbocycles. The van der Waals surface area contributed by atoms with Crippen molar-refractivity contribution in [1.29, 1.82) is 0 Å². The topological polar surface area (TPSA) is 81.1 Å². The second-order valence-corrected chi connectivity index (χ2v) is 7.03. The molecule has 0 saturated heterocycles. The Kier molecular flexibility index (Phi) is 6.23. The molecule has 0 aliphatic carbocycles. The molecule has 2 aromatic heterocycles. The molecule has 156 valence electrons. The number of carbonyl (C=O) groups excluding carboxylic acids is 1. The minimum Gasteiger partial charge on any atom is -0.473 e. The van der Waals surface area contributed by atoms with Crippen LogP contribution >= 0.6 is 0 Å². The van der Waals surface area contributed by atoms with Crippen molar-refractivity contribution in [3.8, 4) is 11.6 Å².